The number of hydrogen-bond donors (Lipinski definition) is 2. The lowest BCUT2D eigenvalue weighted by molar-refractivity contribution is -0.124. The molecule has 0 radical (unpaired) electrons. The number of hydrogen-bond acceptors (Lipinski definition) is 6. The van der Waals surface area contributed by atoms with E-state index in [2.05, 4.69) is 15.7 Å². The predicted octanol–water partition coefficient (Wildman–Crippen LogP) is 2.52. The molecule has 1 fully saturated rings. The van der Waals surface area contributed by atoms with Crippen molar-refractivity contribution in [2.75, 3.05) is 32.1 Å². The van der Waals surface area contributed by atoms with Crippen molar-refractivity contribution in [3.8, 4) is 5.69 Å². The van der Waals surface area contributed by atoms with Crippen molar-refractivity contribution in [1.82, 2.24) is 25.1 Å². The first-order chi connectivity index (χ1) is 13.7. The summed E-state index contributed by atoms with van der Waals surface area (Å²) in [5.74, 6) is 1.79. The SMILES string of the molecule is COCC(=O)NCCNc1nc(C2CC2)nc2c1cnn2-c1cccc(Cl)c1. The molecule has 0 saturated heterocycles. The van der Waals surface area contributed by atoms with E-state index in [0.29, 0.717) is 24.0 Å². The van der Waals surface area contributed by atoms with Crippen LogP contribution in [-0.2, 0) is 9.53 Å². The third-order valence-electron chi connectivity index (χ3n) is 4.46. The van der Waals surface area contributed by atoms with E-state index in [9.17, 15) is 4.79 Å². The second-order valence-electron chi connectivity index (χ2n) is 6.69. The van der Waals surface area contributed by atoms with Gasteiger partial charge in [-0.05, 0) is 31.0 Å². The highest BCUT2D eigenvalue weighted by Gasteiger charge is 2.28. The van der Waals surface area contributed by atoms with E-state index in [-0.39, 0.29) is 12.5 Å². The van der Waals surface area contributed by atoms with Crippen LogP contribution < -0.4 is 10.6 Å². The smallest absolute Gasteiger partial charge is 0.246 e. The Bertz CT molecular complexity index is 1000. The third kappa shape index (κ3) is 4.07. The Morgan fingerprint density at radius 2 is 2.18 bits per heavy atom. The molecule has 146 valence electrons. The number of benzene rings is 1. The van der Waals surface area contributed by atoms with Crippen molar-refractivity contribution in [2.45, 2.75) is 18.8 Å². The van der Waals surface area contributed by atoms with E-state index in [1.54, 1.807) is 10.9 Å². The van der Waals surface area contributed by atoms with Crippen molar-refractivity contribution in [3.63, 3.8) is 0 Å². The van der Waals surface area contributed by atoms with Crippen molar-refractivity contribution in [1.29, 1.82) is 0 Å². The molecular weight excluding hydrogens is 380 g/mol. The molecule has 4 rings (SSSR count). The molecule has 8 nitrogen and oxygen atoms in total. The fourth-order valence-corrected chi connectivity index (χ4v) is 3.13. The maximum absolute atomic E-state index is 11.5. The summed E-state index contributed by atoms with van der Waals surface area (Å²) < 4.78 is 6.58. The Hall–Kier alpha value is -2.71. The monoisotopic (exact) mass is 400 g/mol. The molecule has 9 heteroatoms. The molecule has 1 amide bonds. The first-order valence-corrected chi connectivity index (χ1v) is 9.54. The summed E-state index contributed by atoms with van der Waals surface area (Å²) in [6.07, 6.45) is 3.95. The highest BCUT2D eigenvalue weighted by molar-refractivity contribution is 6.30. The first-order valence-electron chi connectivity index (χ1n) is 9.17. The number of nitrogens with one attached hydrogen (secondary N) is 2. The minimum atomic E-state index is -0.149. The van der Waals surface area contributed by atoms with Gasteiger partial charge in [0.05, 0.1) is 17.3 Å². The van der Waals surface area contributed by atoms with E-state index in [1.807, 2.05) is 24.3 Å². The number of halogens is 1. The van der Waals surface area contributed by atoms with Crippen molar-refractivity contribution in [2.24, 2.45) is 0 Å². The maximum atomic E-state index is 11.5. The first kappa shape index (κ1) is 18.6. The van der Waals surface area contributed by atoms with Crippen LogP contribution in [0.2, 0.25) is 5.02 Å². The van der Waals surface area contributed by atoms with Gasteiger partial charge in [-0.2, -0.15) is 5.10 Å². The number of nitrogens with zero attached hydrogens (tertiary/aromatic N) is 4. The molecule has 0 aliphatic heterocycles. The van der Waals surface area contributed by atoms with Crippen molar-refractivity contribution >= 4 is 34.4 Å². The van der Waals surface area contributed by atoms with Gasteiger partial charge in [0.1, 0.15) is 18.2 Å². The van der Waals surface area contributed by atoms with Gasteiger partial charge in [-0.15, -0.1) is 0 Å². The average molecular weight is 401 g/mol. The molecule has 28 heavy (non-hydrogen) atoms. The topological polar surface area (TPSA) is 94.0 Å². The Morgan fingerprint density at radius 1 is 1.32 bits per heavy atom. The van der Waals surface area contributed by atoms with Crippen LogP contribution in [0.4, 0.5) is 5.82 Å². The maximum Gasteiger partial charge on any atom is 0.246 e. The lowest BCUT2D eigenvalue weighted by Gasteiger charge is -2.10. The van der Waals surface area contributed by atoms with Crippen LogP contribution in [0, 0.1) is 0 Å². The zero-order chi connectivity index (χ0) is 19.5. The van der Waals surface area contributed by atoms with Gasteiger partial charge in [0.15, 0.2) is 5.65 Å². The van der Waals surface area contributed by atoms with Crippen LogP contribution in [-0.4, -0.2) is 52.5 Å². The number of rotatable bonds is 8. The average Bonchev–Trinajstić information content (AvgIpc) is 3.44. The molecule has 0 unspecified atom stereocenters. The van der Waals surface area contributed by atoms with Gasteiger partial charge in [0.25, 0.3) is 0 Å². The molecule has 2 aromatic heterocycles. The number of methoxy groups -OCH3 is 1. The number of carbonyl (C=O) groups excluding carboxylic acids is 1. The van der Waals surface area contributed by atoms with Crippen molar-refractivity contribution < 1.29 is 9.53 Å². The van der Waals surface area contributed by atoms with Gasteiger partial charge in [0, 0.05) is 31.1 Å². The van der Waals surface area contributed by atoms with Gasteiger partial charge in [-0.3, -0.25) is 4.79 Å². The van der Waals surface area contributed by atoms with Gasteiger partial charge < -0.3 is 15.4 Å². The minimum absolute atomic E-state index is 0.0516. The van der Waals surface area contributed by atoms with Crippen molar-refractivity contribution in [3.05, 3.63) is 41.3 Å². The molecule has 0 bridgehead atoms. The largest absolute Gasteiger partial charge is 0.375 e. The minimum Gasteiger partial charge on any atom is -0.375 e. The molecule has 1 saturated carbocycles. The molecular formula is C19H21ClN6O2. The molecule has 2 heterocycles. The Labute approximate surface area is 167 Å². The second kappa shape index (κ2) is 8.12. The lowest BCUT2D eigenvalue weighted by Crippen LogP contribution is -2.31. The molecule has 0 spiro atoms. The normalized spacial score (nSPS) is 13.6. The lowest BCUT2D eigenvalue weighted by atomic mass is 10.3. The molecule has 3 aromatic rings. The second-order valence-corrected chi connectivity index (χ2v) is 7.12. The highest BCUT2D eigenvalue weighted by Crippen LogP contribution is 2.39. The van der Waals surface area contributed by atoms with Gasteiger partial charge in [-0.1, -0.05) is 17.7 Å². The molecule has 0 atom stereocenters. The Kier molecular flexibility index (Phi) is 5.40. The fourth-order valence-electron chi connectivity index (χ4n) is 2.95. The quantitative estimate of drug-likeness (QED) is 0.564. The van der Waals surface area contributed by atoms with Gasteiger partial charge in [-0.25, -0.2) is 14.6 Å². The highest BCUT2D eigenvalue weighted by atomic mass is 35.5. The fraction of sp³-hybridized carbons (Fsp3) is 0.368. The third-order valence-corrected chi connectivity index (χ3v) is 4.69. The predicted molar refractivity (Wildman–Crippen MR) is 107 cm³/mol. The number of aromatic nitrogens is 4. The zero-order valence-corrected chi connectivity index (χ0v) is 16.2. The molecule has 1 aromatic carbocycles. The number of amides is 1. The van der Waals surface area contributed by atoms with Crippen LogP contribution in [0.25, 0.3) is 16.7 Å². The summed E-state index contributed by atoms with van der Waals surface area (Å²) in [4.78, 5) is 21.0. The standard InChI is InChI=1S/C19H21ClN6O2/c1-28-11-16(27)21-7-8-22-18-15-10-23-26(14-4-2-3-13(20)9-14)19(15)25-17(24-18)12-5-6-12/h2-4,9-10,12H,5-8,11H2,1H3,(H,21,27)(H,22,24,25). The van der Waals surface area contributed by atoms with E-state index >= 15 is 0 Å². The summed E-state index contributed by atoms with van der Waals surface area (Å²) in [6, 6.07) is 7.50. The van der Waals surface area contributed by atoms with Gasteiger partial charge >= 0.3 is 0 Å². The number of carbonyl (C=O) groups is 1. The van der Waals surface area contributed by atoms with E-state index in [4.69, 9.17) is 26.3 Å². The number of anilines is 1. The summed E-state index contributed by atoms with van der Waals surface area (Å²) >= 11 is 6.14. The van der Waals surface area contributed by atoms with Crippen LogP contribution in [0.15, 0.2) is 30.5 Å². The molecule has 1 aliphatic rings. The summed E-state index contributed by atoms with van der Waals surface area (Å²) in [5, 5.41) is 12.0. The number of ether oxygens (including phenoxy) is 1. The zero-order valence-electron chi connectivity index (χ0n) is 15.5. The molecule has 1 aliphatic carbocycles. The Morgan fingerprint density at radius 3 is 2.93 bits per heavy atom. The van der Waals surface area contributed by atoms with E-state index in [1.165, 1.54) is 7.11 Å². The van der Waals surface area contributed by atoms with Crippen LogP contribution in [0.3, 0.4) is 0 Å². The summed E-state index contributed by atoms with van der Waals surface area (Å²) in [5.41, 5.74) is 1.59. The van der Waals surface area contributed by atoms with Gasteiger partial charge in [0.2, 0.25) is 5.91 Å². The van der Waals surface area contributed by atoms with Crippen LogP contribution in [0.1, 0.15) is 24.6 Å². The van der Waals surface area contributed by atoms with E-state index < -0.39 is 0 Å². The van der Waals surface area contributed by atoms with E-state index in [0.717, 1.165) is 41.2 Å². The molecule has 2 N–H and O–H groups in total. The Balaban J connectivity index is 1.60. The summed E-state index contributed by atoms with van der Waals surface area (Å²) in [7, 11) is 1.49. The number of fused-ring (bicyclic) bond motifs is 1. The summed E-state index contributed by atoms with van der Waals surface area (Å²) in [6.45, 7) is 1.05. The van der Waals surface area contributed by atoms with Crippen LogP contribution >= 0.6 is 11.6 Å². The van der Waals surface area contributed by atoms with Crippen LogP contribution in [0.5, 0.6) is 0 Å².